The number of hydrogen-bond acceptors (Lipinski definition) is 4. The molecule has 0 unspecified atom stereocenters. The molecule has 1 rings (SSSR count). The van der Waals surface area contributed by atoms with Crippen molar-refractivity contribution in [2.24, 2.45) is 5.73 Å². The summed E-state index contributed by atoms with van der Waals surface area (Å²) < 4.78 is 12.3. The topological polar surface area (TPSA) is 62.3 Å². The number of nitrogens with two attached hydrogens (primary N) is 1. The van der Waals surface area contributed by atoms with Crippen molar-refractivity contribution in [1.29, 1.82) is 0 Å². The second kappa shape index (κ2) is 7.38. The summed E-state index contributed by atoms with van der Waals surface area (Å²) in [6, 6.07) is 0.0249. The van der Waals surface area contributed by atoms with Gasteiger partial charge in [0, 0.05) is 32.5 Å². The van der Waals surface area contributed by atoms with Crippen LogP contribution in [0.2, 0.25) is 0 Å². The lowest BCUT2D eigenvalue weighted by Gasteiger charge is -2.10. The minimum Gasteiger partial charge on any atom is -0.382 e. The van der Waals surface area contributed by atoms with Crippen LogP contribution in [0.4, 0.5) is 0 Å². The van der Waals surface area contributed by atoms with Gasteiger partial charge >= 0.3 is 0 Å². The summed E-state index contributed by atoms with van der Waals surface area (Å²) in [6.07, 6.45) is 4.59. The van der Waals surface area contributed by atoms with E-state index in [1.54, 1.807) is 7.11 Å². The molecule has 0 saturated carbocycles. The van der Waals surface area contributed by atoms with Crippen molar-refractivity contribution in [3.05, 3.63) is 18.2 Å². The van der Waals surface area contributed by atoms with Gasteiger partial charge in [0.2, 0.25) is 0 Å². The zero-order valence-corrected chi connectivity index (χ0v) is 10.1. The zero-order valence-electron chi connectivity index (χ0n) is 10.1. The summed E-state index contributed by atoms with van der Waals surface area (Å²) in [5.74, 6) is 0. The maximum Gasteiger partial charge on any atom is 0.0948 e. The maximum atomic E-state index is 5.82. The van der Waals surface area contributed by atoms with Crippen molar-refractivity contribution in [3.8, 4) is 0 Å². The van der Waals surface area contributed by atoms with E-state index >= 15 is 0 Å². The molecule has 0 amide bonds. The molecule has 92 valence electrons. The SMILES string of the molecule is COCCOCCCn1cncc1[C@H](C)N. The van der Waals surface area contributed by atoms with Gasteiger partial charge in [0.15, 0.2) is 0 Å². The monoisotopic (exact) mass is 227 g/mol. The highest BCUT2D eigenvalue weighted by molar-refractivity contribution is 5.02. The summed E-state index contributed by atoms with van der Waals surface area (Å²) >= 11 is 0. The van der Waals surface area contributed by atoms with Gasteiger partial charge < -0.3 is 19.8 Å². The van der Waals surface area contributed by atoms with Crippen LogP contribution in [0.5, 0.6) is 0 Å². The van der Waals surface area contributed by atoms with E-state index in [9.17, 15) is 0 Å². The second-order valence-corrected chi connectivity index (χ2v) is 3.76. The van der Waals surface area contributed by atoms with Gasteiger partial charge in [0.1, 0.15) is 0 Å². The van der Waals surface area contributed by atoms with Crippen LogP contribution in [0.15, 0.2) is 12.5 Å². The van der Waals surface area contributed by atoms with Crippen molar-refractivity contribution < 1.29 is 9.47 Å². The average molecular weight is 227 g/mol. The molecule has 0 aliphatic carbocycles. The zero-order chi connectivity index (χ0) is 11.8. The van der Waals surface area contributed by atoms with E-state index in [4.69, 9.17) is 15.2 Å². The van der Waals surface area contributed by atoms with Crippen LogP contribution in [0.1, 0.15) is 25.1 Å². The van der Waals surface area contributed by atoms with E-state index in [1.165, 1.54) is 0 Å². The number of aromatic nitrogens is 2. The van der Waals surface area contributed by atoms with Gasteiger partial charge in [-0.05, 0) is 13.3 Å². The normalized spacial score (nSPS) is 12.9. The van der Waals surface area contributed by atoms with Crippen LogP contribution < -0.4 is 5.73 Å². The van der Waals surface area contributed by atoms with Crippen LogP contribution in [0.25, 0.3) is 0 Å². The fraction of sp³-hybridized carbons (Fsp3) is 0.727. The van der Waals surface area contributed by atoms with Crippen molar-refractivity contribution >= 4 is 0 Å². The highest BCUT2D eigenvalue weighted by Gasteiger charge is 2.05. The molecule has 0 aromatic carbocycles. The third-order valence-electron chi connectivity index (χ3n) is 2.33. The highest BCUT2D eigenvalue weighted by atomic mass is 16.5. The van der Waals surface area contributed by atoms with E-state index in [0.29, 0.717) is 13.2 Å². The largest absolute Gasteiger partial charge is 0.382 e. The Bertz CT molecular complexity index is 287. The molecule has 0 spiro atoms. The number of nitrogens with zero attached hydrogens (tertiary/aromatic N) is 2. The summed E-state index contributed by atoms with van der Waals surface area (Å²) in [6.45, 7) is 4.89. The first kappa shape index (κ1) is 13.2. The van der Waals surface area contributed by atoms with Gasteiger partial charge in [-0.25, -0.2) is 4.98 Å². The molecule has 1 heterocycles. The second-order valence-electron chi connectivity index (χ2n) is 3.76. The molecule has 1 atom stereocenters. The highest BCUT2D eigenvalue weighted by Crippen LogP contribution is 2.08. The molecule has 16 heavy (non-hydrogen) atoms. The van der Waals surface area contributed by atoms with Crippen LogP contribution in [-0.2, 0) is 16.0 Å². The Morgan fingerprint density at radius 2 is 2.25 bits per heavy atom. The number of rotatable bonds is 8. The average Bonchev–Trinajstić information content (AvgIpc) is 2.71. The van der Waals surface area contributed by atoms with Crippen LogP contribution >= 0.6 is 0 Å². The van der Waals surface area contributed by atoms with Gasteiger partial charge in [-0.2, -0.15) is 0 Å². The van der Waals surface area contributed by atoms with Crippen molar-refractivity contribution in [1.82, 2.24) is 9.55 Å². The molecule has 5 heteroatoms. The molecule has 0 radical (unpaired) electrons. The number of hydrogen-bond donors (Lipinski definition) is 1. The minimum absolute atomic E-state index is 0.0249. The molecule has 0 fully saturated rings. The Morgan fingerprint density at radius 1 is 1.44 bits per heavy atom. The predicted octanol–water partition coefficient (Wildman–Crippen LogP) is 0.956. The molecule has 1 aromatic heterocycles. The first-order chi connectivity index (χ1) is 7.75. The molecule has 0 aliphatic rings. The first-order valence-corrected chi connectivity index (χ1v) is 5.58. The number of aryl methyl sites for hydroxylation is 1. The van der Waals surface area contributed by atoms with E-state index in [-0.39, 0.29) is 6.04 Å². The number of methoxy groups -OCH3 is 1. The van der Waals surface area contributed by atoms with Gasteiger partial charge in [-0.1, -0.05) is 0 Å². The molecule has 0 aliphatic heterocycles. The van der Waals surface area contributed by atoms with E-state index in [1.807, 2.05) is 19.4 Å². The van der Waals surface area contributed by atoms with Crippen molar-refractivity contribution in [2.45, 2.75) is 25.9 Å². The number of imidazole rings is 1. The van der Waals surface area contributed by atoms with E-state index in [0.717, 1.165) is 25.3 Å². The van der Waals surface area contributed by atoms with Gasteiger partial charge in [-0.15, -0.1) is 0 Å². The first-order valence-electron chi connectivity index (χ1n) is 5.58. The van der Waals surface area contributed by atoms with Crippen molar-refractivity contribution in [2.75, 3.05) is 26.9 Å². The minimum atomic E-state index is 0.0249. The molecule has 2 N–H and O–H groups in total. The summed E-state index contributed by atoms with van der Waals surface area (Å²) in [4.78, 5) is 4.09. The fourth-order valence-electron chi connectivity index (χ4n) is 1.48. The summed E-state index contributed by atoms with van der Waals surface area (Å²) in [7, 11) is 1.67. The Hall–Kier alpha value is -0.910. The third-order valence-corrected chi connectivity index (χ3v) is 2.33. The number of ether oxygens (including phenoxy) is 2. The van der Waals surface area contributed by atoms with Gasteiger partial charge in [0.25, 0.3) is 0 Å². The maximum absolute atomic E-state index is 5.82. The van der Waals surface area contributed by atoms with Crippen LogP contribution in [-0.4, -0.2) is 36.5 Å². The standard InChI is InChI=1S/C11H21N3O2/c1-10(12)11-8-13-9-14(11)4-3-5-16-7-6-15-2/h8-10H,3-7,12H2,1-2H3/t10-/m0/s1. The van der Waals surface area contributed by atoms with Crippen molar-refractivity contribution in [3.63, 3.8) is 0 Å². The fourth-order valence-corrected chi connectivity index (χ4v) is 1.48. The summed E-state index contributed by atoms with van der Waals surface area (Å²) in [5, 5.41) is 0. The van der Waals surface area contributed by atoms with Gasteiger partial charge in [0.05, 0.1) is 25.2 Å². The molecular formula is C11H21N3O2. The van der Waals surface area contributed by atoms with Crippen LogP contribution in [0, 0.1) is 0 Å². The summed E-state index contributed by atoms with van der Waals surface area (Å²) in [5.41, 5.74) is 6.89. The Morgan fingerprint density at radius 3 is 2.94 bits per heavy atom. The van der Waals surface area contributed by atoms with E-state index < -0.39 is 0 Å². The Kier molecular flexibility index (Phi) is 6.07. The predicted molar refractivity (Wildman–Crippen MR) is 62.1 cm³/mol. The molecule has 5 nitrogen and oxygen atoms in total. The molecule has 1 aromatic rings. The smallest absolute Gasteiger partial charge is 0.0948 e. The van der Waals surface area contributed by atoms with Gasteiger partial charge in [-0.3, -0.25) is 0 Å². The lowest BCUT2D eigenvalue weighted by molar-refractivity contribution is 0.0679. The van der Waals surface area contributed by atoms with E-state index in [2.05, 4.69) is 9.55 Å². The molecule has 0 saturated heterocycles. The quantitative estimate of drug-likeness (QED) is 0.672. The van der Waals surface area contributed by atoms with Crippen LogP contribution in [0.3, 0.4) is 0 Å². The lowest BCUT2D eigenvalue weighted by atomic mass is 10.2. The molecular weight excluding hydrogens is 206 g/mol. The molecule has 0 bridgehead atoms. The Labute approximate surface area is 96.6 Å². The Balaban J connectivity index is 2.19. The third kappa shape index (κ3) is 4.30. The lowest BCUT2D eigenvalue weighted by Crippen LogP contribution is -2.13.